The van der Waals surface area contributed by atoms with Crippen LogP contribution in [0.1, 0.15) is 26.7 Å². The first kappa shape index (κ1) is 11.0. The van der Waals surface area contributed by atoms with E-state index in [4.69, 9.17) is 9.84 Å². The van der Waals surface area contributed by atoms with E-state index in [-0.39, 0.29) is 12.0 Å². The molecule has 0 aromatic heterocycles. The second-order valence-electron chi connectivity index (χ2n) is 4.59. The molecule has 0 aromatic carbocycles. The Morgan fingerprint density at radius 3 is 2.54 bits per heavy atom. The molecule has 3 heteroatoms. The zero-order chi connectivity index (χ0) is 9.73. The minimum atomic E-state index is -0.00168. The molecule has 1 rings (SSSR count). The van der Waals surface area contributed by atoms with Gasteiger partial charge in [0.2, 0.25) is 0 Å². The number of hydrogen-bond acceptors (Lipinski definition) is 3. The Labute approximate surface area is 80.5 Å². The second-order valence-corrected chi connectivity index (χ2v) is 4.59. The lowest BCUT2D eigenvalue weighted by molar-refractivity contribution is 0.0715. The Morgan fingerprint density at radius 2 is 2.00 bits per heavy atom. The third kappa shape index (κ3) is 4.07. The van der Waals surface area contributed by atoms with Crippen molar-refractivity contribution in [3.63, 3.8) is 0 Å². The average Bonchev–Trinajstić information content (AvgIpc) is 2.17. The van der Waals surface area contributed by atoms with Gasteiger partial charge in [0.05, 0.1) is 0 Å². The molecule has 13 heavy (non-hydrogen) atoms. The summed E-state index contributed by atoms with van der Waals surface area (Å²) < 4.78 is 5.27. The highest BCUT2D eigenvalue weighted by Gasteiger charge is 2.19. The first-order valence-corrected chi connectivity index (χ1v) is 5.06. The average molecular weight is 187 g/mol. The lowest BCUT2D eigenvalue weighted by Gasteiger charge is -2.28. The molecular weight excluding hydrogens is 166 g/mol. The fourth-order valence-corrected chi connectivity index (χ4v) is 1.38. The highest BCUT2D eigenvalue weighted by atomic mass is 16.5. The predicted molar refractivity (Wildman–Crippen MR) is 52.7 cm³/mol. The van der Waals surface area contributed by atoms with Crippen LogP contribution in [0.25, 0.3) is 0 Å². The van der Waals surface area contributed by atoms with Gasteiger partial charge in [0.25, 0.3) is 0 Å². The summed E-state index contributed by atoms with van der Waals surface area (Å²) in [4.78, 5) is 0. The first-order chi connectivity index (χ1) is 6.14. The highest BCUT2D eigenvalue weighted by molar-refractivity contribution is 4.76. The third-order valence-corrected chi connectivity index (χ3v) is 2.52. The molecule has 0 aliphatic carbocycles. The quantitative estimate of drug-likeness (QED) is 0.683. The molecule has 0 atom stereocenters. The van der Waals surface area contributed by atoms with Crippen LogP contribution in [-0.4, -0.2) is 37.5 Å². The van der Waals surface area contributed by atoms with Crippen molar-refractivity contribution in [2.24, 2.45) is 5.41 Å². The molecule has 2 N–H and O–H groups in total. The van der Waals surface area contributed by atoms with Crippen molar-refractivity contribution in [2.45, 2.75) is 32.7 Å². The van der Waals surface area contributed by atoms with E-state index in [1.165, 1.54) is 0 Å². The van der Waals surface area contributed by atoms with Crippen molar-refractivity contribution in [1.82, 2.24) is 5.32 Å². The topological polar surface area (TPSA) is 41.5 Å². The minimum Gasteiger partial charge on any atom is -0.396 e. The summed E-state index contributed by atoms with van der Waals surface area (Å²) in [7, 11) is 0. The molecule has 1 aliphatic rings. The molecule has 0 bridgehead atoms. The van der Waals surface area contributed by atoms with Gasteiger partial charge in [-0.15, -0.1) is 0 Å². The minimum absolute atomic E-state index is 0.00168. The smallest absolute Gasteiger partial charge is 0.0494 e. The molecule has 0 aromatic rings. The molecule has 1 heterocycles. The van der Waals surface area contributed by atoms with Crippen LogP contribution in [0.3, 0.4) is 0 Å². The monoisotopic (exact) mass is 187 g/mol. The van der Waals surface area contributed by atoms with Gasteiger partial charge in [0, 0.05) is 37.8 Å². The Morgan fingerprint density at radius 1 is 1.38 bits per heavy atom. The molecule has 0 radical (unpaired) electrons. The van der Waals surface area contributed by atoms with E-state index in [1.54, 1.807) is 0 Å². The van der Waals surface area contributed by atoms with Crippen LogP contribution in [0.4, 0.5) is 0 Å². The summed E-state index contributed by atoms with van der Waals surface area (Å²) in [5.41, 5.74) is -0.00168. The van der Waals surface area contributed by atoms with Gasteiger partial charge in [-0.3, -0.25) is 0 Å². The number of ether oxygens (including phenoxy) is 1. The molecule has 0 saturated carbocycles. The van der Waals surface area contributed by atoms with Crippen LogP contribution in [0.15, 0.2) is 0 Å². The van der Waals surface area contributed by atoms with Crippen molar-refractivity contribution in [1.29, 1.82) is 0 Å². The molecule has 78 valence electrons. The van der Waals surface area contributed by atoms with Crippen molar-refractivity contribution in [3.05, 3.63) is 0 Å². The Balaban J connectivity index is 2.17. The maximum atomic E-state index is 9.06. The molecular formula is C10H21NO2. The molecule has 1 aliphatic heterocycles. The molecule has 1 saturated heterocycles. The summed E-state index contributed by atoms with van der Waals surface area (Å²) in [5.74, 6) is 0. The molecule has 1 fully saturated rings. The standard InChI is InChI=1S/C10H21NO2/c1-10(2,8-12)7-11-9-3-5-13-6-4-9/h9,11-12H,3-8H2,1-2H3. The normalized spacial score (nSPS) is 20.5. The lowest BCUT2D eigenvalue weighted by Crippen LogP contribution is -2.41. The highest BCUT2D eigenvalue weighted by Crippen LogP contribution is 2.13. The SMILES string of the molecule is CC(C)(CO)CNC1CCOCC1. The van der Waals surface area contributed by atoms with Gasteiger partial charge in [0.15, 0.2) is 0 Å². The molecule has 0 amide bonds. The number of aliphatic hydroxyl groups excluding tert-OH is 1. The Kier molecular flexibility index (Phi) is 4.16. The summed E-state index contributed by atoms with van der Waals surface area (Å²) in [6.45, 7) is 7.00. The van der Waals surface area contributed by atoms with E-state index in [0.717, 1.165) is 32.6 Å². The van der Waals surface area contributed by atoms with Crippen LogP contribution in [0, 0.1) is 5.41 Å². The Hall–Kier alpha value is -0.120. The first-order valence-electron chi connectivity index (χ1n) is 5.06. The van der Waals surface area contributed by atoms with Gasteiger partial charge >= 0.3 is 0 Å². The second kappa shape index (κ2) is 4.94. The van der Waals surface area contributed by atoms with Gasteiger partial charge in [-0.25, -0.2) is 0 Å². The molecule has 0 unspecified atom stereocenters. The van der Waals surface area contributed by atoms with Crippen LogP contribution in [0.5, 0.6) is 0 Å². The number of hydrogen-bond donors (Lipinski definition) is 2. The van der Waals surface area contributed by atoms with Gasteiger partial charge in [-0.2, -0.15) is 0 Å². The molecule has 0 spiro atoms. The predicted octanol–water partition coefficient (Wildman–Crippen LogP) is 0.773. The van der Waals surface area contributed by atoms with Crippen LogP contribution in [0.2, 0.25) is 0 Å². The maximum absolute atomic E-state index is 9.06. The van der Waals surface area contributed by atoms with Crippen molar-refractivity contribution in [2.75, 3.05) is 26.4 Å². The zero-order valence-corrected chi connectivity index (χ0v) is 8.68. The van der Waals surface area contributed by atoms with E-state index in [2.05, 4.69) is 19.2 Å². The summed E-state index contributed by atoms with van der Waals surface area (Å²) >= 11 is 0. The summed E-state index contributed by atoms with van der Waals surface area (Å²) in [6.07, 6.45) is 2.20. The van der Waals surface area contributed by atoms with E-state index >= 15 is 0 Å². The largest absolute Gasteiger partial charge is 0.396 e. The van der Waals surface area contributed by atoms with Gasteiger partial charge in [-0.1, -0.05) is 13.8 Å². The molecule has 3 nitrogen and oxygen atoms in total. The van der Waals surface area contributed by atoms with Crippen molar-refractivity contribution in [3.8, 4) is 0 Å². The van der Waals surface area contributed by atoms with Crippen molar-refractivity contribution >= 4 is 0 Å². The summed E-state index contributed by atoms with van der Waals surface area (Å²) in [5, 5.41) is 12.5. The van der Waals surface area contributed by atoms with E-state index < -0.39 is 0 Å². The van der Waals surface area contributed by atoms with Crippen LogP contribution >= 0.6 is 0 Å². The lowest BCUT2D eigenvalue weighted by atomic mass is 9.94. The van der Waals surface area contributed by atoms with E-state index in [0.29, 0.717) is 6.04 Å². The third-order valence-electron chi connectivity index (χ3n) is 2.52. The van der Waals surface area contributed by atoms with Gasteiger partial charge < -0.3 is 15.2 Å². The Bertz CT molecular complexity index is 142. The van der Waals surface area contributed by atoms with Crippen LogP contribution in [-0.2, 0) is 4.74 Å². The van der Waals surface area contributed by atoms with Crippen molar-refractivity contribution < 1.29 is 9.84 Å². The van der Waals surface area contributed by atoms with Crippen LogP contribution < -0.4 is 5.32 Å². The number of aliphatic hydroxyl groups is 1. The van der Waals surface area contributed by atoms with E-state index in [1.807, 2.05) is 0 Å². The maximum Gasteiger partial charge on any atom is 0.0494 e. The van der Waals surface area contributed by atoms with E-state index in [9.17, 15) is 0 Å². The fourth-order valence-electron chi connectivity index (χ4n) is 1.38. The zero-order valence-electron chi connectivity index (χ0n) is 8.68. The number of rotatable bonds is 4. The summed E-state index contributed by atoms with van der Waals surface area (Å²) in [6, 6.07) is 0.583. The number of nitrogens with one attached hydrogen (secondary N) is 1. The fraction of sp³-hybridized carbons (Fsp3) is 1.00. The van der Waals surface area contributed by atoms with Gasteiger partial charge in [-0.05, 0) is 12.8 Å². The van der Waals surface area contributed by atoms with Gasteiger partial charge in [0.1, 0.15) is 0 Å².